The van der Waals surface area contributed by atoms with E-state index in [1.807, 2.05) is 29.2 Å². The molecule has 35 heavy (non-hydrogen) atoms. The van der Waals surface area contributed by atoms with Crippen LogP contribution >= 0.6 is 0 Å². The Kier molecular flexibility index (Phi) is 6.39. The number of piperidine rings is 1. The van der Waals surface area contributed by atoms with Crippen LogP contribution in [0.15, 0.2) is 59.7 Å². The average Bonchev–Trinajstić information content (AvgIpc) is 3.11. The first-order chi connectivity index (χ1) is 17.0. The van der Waals surface area contributed by atoms with Gasteiger partial charge in [-0.15, -0.1) is 0 Å². The van der Waals surface area contributed by atoms with Crippen molar-refractivity contribution in [3.05, 3.63) is 83.1 Å². The molecule has 1 fully saturated rings. The van der Waals surface area contributed by atoms with Crippen LogP contribution in [0.25, 0.3) is 17.3 Å². The number of amidine groups is 1. The molecule has 1 unspecified atom stereocenters. The van der Waals surface area contributed by atoms with Gasteiger partial charge in [-0.1, -0.05) is 11.2 Å². The van der Waals surface area contributed by atoms with Crippen molar-refractivity contribution in [2.75, 3.05) is 20.3 Å². The van der Waals surface area contributed by atoms with Gasteiger partial charge in [-0.3, -0.25) is 9.97 Å². The third-order valence-corrected chi connectivity index (χ3v) is 6.21. The molecule has 0 radical (unpaired) electrons. The summed E-state index contributed by atoms with van der Waals surface area (Å²) >= 11 is 0. The van der Waals surface area contributed by atoms with Crippen LogP contribution in [0.4, 0.5) is 13.2 Å². The van der Waals surface area contributed by atoms with Gasteiger partial charge in [0.25, 0.3) is 0 Å². The molecule has 1 saturated heterocycles. The minimum Gasteiger partial charge on any atom is -0.496 e. The zero-order valence-electron chi connectivity index (χ0n) is 19.0. The normalized spacial score (nSPS) is 19.0. The number of benzene rings is 2. The summed E-state index contributed by atoms with van der Waals surface area (Å²) < 4.78 is 47.1. The molecule has 2 aromatic carbocycles. The zero-order chi connectivity index (χ0) is 24.4. The molecule has 0 saturated carbocycles. The molecular weight excluding hydrogens is 457 g/mol. The topological polar surface area (TPSA) is 59.8 Å². The predicted octanol–water partition coefficient (Wildman–Crippen LogP) is 5.52. The number of methoxy groups -OCH3 is 1. The fraction of sp³-hybridized carbons (Fsp3) is 0.269. The SMILES string of the molecule is COc1cc(/C=C2\CCCN3C2=NOCCC3c2cc(F)c(F)c(F)c2)ccc1-c1cnccn1. The van der Waals surface area contributed by atoms with Crippen molar-refractivity contribution >= 4 is 11.9 Å². The van der Waals surface area contributed by atoms with Gasteiger partial charge >= 0.3 is 0 Å². The van der Waals surface area contributed by atoms with Crippen molar-refractivity contribution in [3.63, 3.8) is 0 Å². The Morgan fingerprint density at radius 3 is 2.69 bits per heavy atom. The van der Waals surface area contributed by atoms with Gasteiger partial charge in [0.2, 0.25) is 0 Å². The van der Waals surface area contributed by atoms with Gasteiger partial charge in [0, 0.05) is 30.9 Å². The highest BCUT2D eigenvalue weighted by molar-refractivity contribution is 6.02. The highest BCUT2D eigenvalue weighted by Gasteiger charge is 2.32. The Morgan fingerprint density at radius 2 is 1.94 bits per heavy atom. The Balaban J connectivity index is 1.49. The molecule has 0 spiro atoms. The lowest BCUT2D eigenvalue weighted by molar-refractivity contribution is 0.140. The minimum atomic E-state index is -1.47. The zero-order valence-corrected chi connectivity index (χ0v) is 19.0. The van der Waals surface area contributed by atoms with E-state index in [4.69, 9.17) is 9.57 Å². The van der Waals surface area contributed by atoms with Crippen LogP contribution in [0.5, 0.6) is 5.75 Å². The molecule has 3 aromatic rings. The molecule has 0 aliphatic carbocycles. The van der Waals surface area contributed by atoms with Crippen LogP contribution in [0.2, 0.25) is 0 Å². The summed E-state index contributed by atoms with van der Waals surface area (Å²) in [5, 5.41) is 4.33. The second-order valence-corrected chi connectivity index (χ2v) is 8.37. The molecule has 5 rings (SSSR count). The summed E-state index contributed by atoms with van der Waals surface area (Å²) in [4.78, 5) is 15.9. The Hall–Kier alpha value is -3.88. The fourth-order valence-corrected chi connectivity index (χ4v) is 4.58. The first-order valence-corrected chi connectivity index (χ1v) is 11.3. The lowest BCUT2D eigenvalue weighted by atomic mass is 9.94. The second kappa shape index (κ2) is 9.77. The molecule has 0 N–H and O–H groups in total. The number of nitrogens with zero attached hydrogens (tertiary/aromatic N) is 4. The van der Waals surface area contributed by atoms with Crippen LogP contribution in [0.1, 0.15) is 36.4 Å². The molecule has 180 valence electrons. The summed E-state index contributed by atoms with van der Waals surface area (Å²) in [6.45, 7) is 0.916. The van der Waals surface area contributed by atoms with Crippen molar-refractivity contribution in [3.8, 4) is 17.0 Å². The summed E-state index contributed by atoms with van der Waals surface area (Å²) in [6.07, 6.45) is 8.96. The third kappa shape index (κ3) is 4.58. The lowest BCUT2D eigenvalue weighted by Crippen LogP contribution is -2.39. The maximum absolute atomic E-state index is 14.0. The van der Waals surface area contributed by atoms with Crippen LogP contribution < -0.4 is 4.74 Å². The molecular formula is C26H23F3N4O2. The molecule has 2 aliphatic heterocycles. The number of hydrogen-bond donors (Lipinski definition) is 0. The highest BCUT2D eigenvalue weighted by Crippen LogP contribution is 2.36. The van der Waals surface area contributed by atoms with Crippen LogP contribution in [0.3, 0.4) is 0 Å². The molecule has 6 nitrogen and oxygen atoms in total. The summed E-state index contributed by atoms with van der Waals surface area (Å²) in [5.41, 5.74) is 3.71. The number of oxime groups is 1. The fourth-order valence-electron chi connectivity index (χ4n) is 4.58. The van der Waals surface area contributed by atoms with Gasteiger partial charge < -0.3 is 14.5 Å². The van der Waals surface area contributed by atoms with Crippen molar-refractivity contribution in [1.82, 2.24) is 14.9 Å². The maximum atomic E-state index is 14.0. The second-order valence-electron chi connectivity index (χ2n) is 8.37. The number of hydrogen-bond acceptors (Lipinski definition) is 6. The first kappa shape index (κ1) is 22.9. The lowest BCUT2D eigenvalue weighted by Gasteiger charge is -2.36. The predicted molar refractivity (Wildman–Crippen MR) is 125 cm³/mol. The number of fused-ring (bicyclic) bond motifs is 1. The number of halogens is 3. The van der Waals surface area contributed by atoms with E-state index < -0.39 is 23.5 Å². The Bertz CT molecular complexity index is 1270. The van der Waals surface area contributed by atoms with E-state index in [0.717, 1.165) is 41.7 Å². The highest BCUT2D eigenvalue weighted by atomic mass is 19.2. The summed E-state index contributed by atoms with van der Waals surface area (Å²) in [6, 6.07) is 7.52. The van der Waals surface area contributed by atoms with Gasteiger partial charge in [0.05, 0.1) is 25.0 Å². The van der Waals surface area contributed by atoms with E-state index in [1.165, 1.54) is 0 Å². The van der Waals surface area contributed by atoms with Crippen molar-refractivity contribution in [2.45, 2.75) is 25.3 Å². The van der Waals surface area contributed by atoms with Crippen molar-refractivity contribution in [1.29, 1.82) is 0 Å². The number of rotatable bonds is 4. The number of aromatic nitrogens is 2. The molecule has 0 amide bonds. The Labute approximate surface area is 200 Å². The van der Waals surface area contributed by atoms with E-state index in [9.17, 15) is 13.2 Å². The van der Waals surface area contributed by atoms with E-state index in [1.54, 1.807) is 25.7 Å². The van der Waals surface area contributed by atoms with E-state index in [2.05, 4.69) is 15.1 Å². The molecule has 3 heterocycles. The summed E-state index contributed by atoms with van der Waals surface area (Å²) in [5.74, 6) is -2.60. The molecule has 1 atom stereocenters. The Morgan fingerprint density at radius 1 is 1.11 bits per heavy atom. The van der Waals surface area contributed by atoms with Crippen molar-refractivity contribution < 1.29 is 22.7 Å². The maximum Gasteiger partial charge on any atom is 0.194 e. The minimum absolute atomic E-state index is 0.277. The van der Waals surface area contributed by atoms with Crippen LogP contribution in [-0.2, 0) is 4.84 Å². The number of ether oxygens (including phenoxy) is 1. The van der Waals surface area contributed by atoms with Crippen LogP contribution in [0, 0.1) is 17.5 Å². The van der Waals surface area contributed by atoms with Gasteiger partial charge in [-0.2, -0.15) is 0 Å². The van der Waals surface area contributed by atoms with E-state index in [0.29, 0.717) is 35.8 Å². The molecule has 0 bridgehead atoms. The molecule has 2 aliphatic rings. The smallest absolute Gasteiger partial charge is 0.194 e. The molecule has 9 heteroatoms. The van der Waals surface area contributed by atoms with Crippen molar-refractivity contribution in [2.24, 2.45) is 5.16 Å². The molecule has 1 aromatic heterocycles. The summed E-state index contributed by atoms with van der Waals surface area (Å²) in [7, 11) is 1.60. The average molecular weight is 480 g/mol. The largest absolute Gasteiger partial charge is 0.496 e. The van der Waals surface area contributed by atoms with E-state index in [-0.39, 0.29) is 6.61 Å². The quantitative estimate of drug-likeness (QED) is 0.460. The van der Waals surface area contributed by atoms with Crippen LogP contribution in [-0.4, -0.2) is 41.0 Å². The monoisotopic (exact) mass is 480 g/mol. The third-order valence-electron chi connectivity index (χ3n) is 6.21. The first-order valence-electron chi connectivity index (χ1n) is 11.3. The van der Waals surface area contributed by atoms with Gasteiger partial charge in [-0.05, 0) is 59.9 Å². The van der Waals surface area contributed by atoms with E-state index >= 15 is 0 Å². The standard InChI is InChI=1S/C26H23F3N4O2/c1-34-24-12-16(4-5-19(24)22-15-30-7-8-31-22)11-17-3-2-9-33-23(6-10-35-32-26(17)33)18-13-20(27)25(29)21(28)14-18/h4-5,7-8,11-15,23H,2-3,6,9-10H2,1H3/b17-11+. The van der Waals surface area contributed by atoms with Gasteiger partial charge in [0.15, 0.2) is 23.3 Å². The van der Waals surface area contributed by atoms with Gasteiger partial charge in [-0.25, -0.2) is 13.2 Å². The van der Waals surface area contributed by atoms with Gasteiger partial charge in [0.1, 0.15) is 12.4 Å².